The predicted molar refractivity (Wildman–Crippen MR) is 63.8 cm³/mol. The molecule has 1 saturated carbocycles. The second-order valence-electron chi connectivity index (χ2n) is 4.69. The van der Waals surface area contributed by atoms with E-state index in [2.05, 4.69) is 0 Å². The molecule has 18 heavy (non-hydrogen) atoms. The molecule has 1 aromatic carbocycles. The number of carbonyl (C=O) groups is 1. The van der Waals surface area contributed by atoms with E-state index in [1.807, 2.05) is 0 Å². The molecule has 98 valence electrons. The number of carboxylic acids is 1. The molecule has 1 N–H and O–H groups in total. The van der Waals surface area contributed by atoms with Crippen molar-refractivity contribution < 1.29 is 18.7 Å². The number of halogens is 3. The van der Waals surface area contributed by atoms with Crippen molar-refractivity contribution in [3.63, 3.8) is 0 Å². The van der Waals surface area contributed by atoms with Crippen LogP contribution < -0.4 is 0 Å². The van der Waals surface area contributed by atoms with Crippen molar-refractivity contribution in [2.45, 2.75) is 37.5 Å². The highest BCUT2D eigenvalue weighted by atomic mass is 35.5. The highest BCUT2D eigenvalue weighted by Crippen LogP contribution is 2.41. The first-order valence-electron chi connectivity index (χ1n) is 5.86. The van der Waals surface area contributed by atoms with Gasteiger partial charge in [-0.2, -0.15) is 0 Å². The zero-order valence-electron chi connectivity index (χ0n) is 9.68. The van der Waals surface area contributed by atoms with Gasteiger partial charge in [0.25, 0.3) is 0 Å². The van der Waals surface area contributed by atoms with E-state index in [4.69, 9.17) is 11.6 Å². The molecular weight excluding hydrogens is 262 g/mol. The van der Waals surface area contributed by atoms with Crippen molar-refractivity contribution in [2.24, 2.45) is 0 Å². The van der Waals surface area contributed by atoms with E-state index in [1.54, 1.807) is 0 Å². The molecule has 0 heterocycles. The summed E-state index contributed by atoms with van der Waals surface area (Å²) in [6.45, 7) is 0. The summed E-state index contributed by atoms with van der Waals surface area (Å²) in [4.78, 5) is 11.5. The fraction of sp³-hybridized carbons (Fsp3) is 0.462. The fourth-order valence-corrected chi connectivity index (χ4v) is 2.79. The largest absolute Gasteiger partial charge is 0.481 e. The van der Waals surface area contributed by atoms with Crippen molar-refractivity contribution in [1.82, 2.24) is 0 Å². The maximum atomic E-state index is 13.9. The lowest BCUT2D eigenvalue weighted by atomic mass is 9.69. The molecular formula is C13H13ClF2O2. The summed E-state index contributed by atoms with van der Waals surface area (Å²) in [5, 5.41) is 9.08. The Morgan fingerprint density at radius 3 is 2.33 bits per heavy atom. The summed E-state index contributed by atoms with van der Waals surface area (Å²) in [5.74, 6) is -2.62. The third kappa shape index (κ3) is 2.09. The first-order chi connectivity index (χ1) is 8.47. The van der Waals surface area contributed by atoms with Crippen LogP contribution in [0.25, 0.3) is 0 Å². The number of rotatable bonds is 2. The van der Waals surface area contributed by atoms with Crippen LogP contribution in [0, 0.1) is 11.6 Å². The average molecular weight is 275 g/mol. The molecule has 1 aliphatic carbocycles. The molecule has 0 saturated heterocycles. The summed E-state index contributed by atoms with van der Waals surface area (Å²) in [6, 6.07) is 1.78. The summed E-state index contributed by atoms with van der Waals surface area (Å²) < 4.78 is 27.4. The fourth-order valence-electron chi connectivity index (χ4n) is 2.64. The van der Waals surface area contributed by atoms with Gasteiger partial charge in [-0.15, -0.1) is 0 Å². The maximum Gasteiger partial charge on any atom is 0.314 e. The smallest absolute Gasteiger partial charge is 0.314 e. The SMILES string of the molecule is O=C(O)C1(c2cc(F)c(Cl)cc2F)CCCCC1. The highest BCUT2D eigenvalue weighted by Gasteiger charge is 2.43. The first-order valence-corrected chi connectivity index (χ1v) is 6.23. The molecule has 2 rings (SSSR count). The second kappa shape index (κ2) is 4.84. The Morgan fingerprint density at radius 2 is 1.78 bits per heavy atom. The molecule has 0 radical (unpaired) electrons. The molecule has 0 atom stereocenters. The van der Waals surface area contributed by atoms with Gasteiger partial charge in [0.05, 0.1) is 10.4 Å². The van der Waals surface area contributed by atoms with Crippen LogP contribution in [-0.2, 0) is 10.2 Å². The minimum Gasteiger partial charge on any atom is -0.481 e. The van der Waals surface area contributed by atoms with E-state index < -0.39 is 23.0 Å². The zero-order chi connectivity index (χ0) is 13.3. The molecule has 0 unspecified atom stereocenters. The van der Waals surface area contributed by atoms with E-state index in [0.29, 0.717) is 25.7 Å². The molecule has 1 aliphatic rings. The second-order valence-corrected chi connectivity index (χ2v) is 5.10. The molecule has 2 nitrogen and oxygen atoms in total. The summed E-state index contributed by atoms with van der Waals surface area (Å²) in [5.41, 5.74) is -1.40. The van der Waals surface area contributed by atoms with Gasteiger partial charge in [0.15, 0.2) is 0 Å². The van der Waals surface area contributed by atoms with Gasteiger partial charge in [0.2, 0.25) is 0 Å². The van der Waals surface area contributed by atoms with Crippen molar-refractivity contribution in [1.29, 1.82) is 0 Å². The van der Waals surface area contributed by atoms with Crippen molar-refractivity contribution in [2.75, 3.05) is 0 Å². The van der Waals surface area contributed by atoms with Crippen LogP contribution in [0.2, 0.25) is 5.02 Å². The summed E-state index contributed by atoms with van der Waals surface area (Å²) in [6.07, 6.45) is 3.00. The Labute approximate surface area is 109 Å². The lowest BCUT2D eigenvalue weighted by Crippen LogP contribution is -2.38. The van der Waals surface area contributed by atoms with Gasteiger partial charge in [0, 0.05) is 5.56 Å². The van der Waals surface area contributed by atoms with Gasteiger partial charge in [-0.1, -0.05) is 30.9 Å². The van der Waals surface area contributed by atoms with E-state index in [0.717, 1.165) is 18.6 Å². The number of aliphatic carboxylic acids is 1. The topological polar surface area (TPSA) is 37.3 Å². The summed E-state index contributed by atoms with van der Waals surface area (Å²) in [7, 11) is 0. The molecule has 0 aromatic heterocycles. The number of hydrogen-bond donors (Lipinski definition) is 1. The monoisotopic (exact) mass is 274 g/mol. The Balaban J connectivity index is 2.55. The Hall–Kier alpha value is -1.16. The van der Waals surface area contributed by atoms with Crippen LogP contribution in [-0.4, -0.2) is 11.1 Å². The van der Waals surface area contributed by atoms with Crippen molar-refractivity contribution >= 4 is 17.6 Å². The molecule has 0 bridgehead atoms. The van der Waals surface area contributed by atoms with Crippen molar-refractivity contribution in [3.05, 3.63) is 34.4 Å². The number of carboxylic acid groups (broad SMARTS) is 1. The number of hydrogen-bond acceptors (Lipinski definition) is 1. The van der Waals surface area contributed by atoms with Gasteiger partial charge in [0.1, 0.15) is 11.6 Å². The molecule has 1 fully saturated rings. The Morgan fingerprint density at radius 1 is 1.17 bits per heavy atom. The van der Waals surface area contributed by atoms with Gasteiger partial charge in [-0.25, -0.2) is 8.78 Å². The quantitative estimate of drug-likeness (QED) is 0.831. The van der Waals surface area contributed by atoms with Crippen LogP contribution in [0.15, 0.2) is 12.1 Å². The molecule has 0 spiro atoms. The van der Waals surface area contributed by atoms with Gasteiger partial charge >= 0.3 is 5.97 Å². The minimum atomic E-state index is -1.31. The molecule has 1 aromatic rings. The van der Waals surface area contributed by atoms with E-state index in [9.17, 15) is 18.7 Å². The van der Waals surface area contributed by atoms with Gasteiger partial charge in [-0.05, 0) is 25.0 Å². The van der Waals surface area contributed by atoms with Gasteiger partial charge < -0.3 is 5.11 Å². The van der Waals surface area contributed by atoms with E-state index >= 15 is 0 Å². The van der Waals surface area contributed by atoms with Gasteiger partial charge in [-0.3, -0.25) is 4.79 Å². The molecule has 0 amide bonds. The normalized spacial score (nSPS) is 18.6. The Kier molecular flexibility index (Phi) is 3.57. The lowest BCUT2D eigenvalue weighted by Gasteiger charge is -2.33. The third-order valence-electron chi connectivity index (χ3n) is 3.64. The number of benzene rings is 1. The molecule has 5 heteroatoms. The van der Waals surface area contributed by atoms with Crippen LogP contribution in [0.5, 0.6) is 0 Å². The first kappa shape index (κ1) is 13.3. The zero-order valence-corrected chi connectivity index (χ0v) is 10.4. The standard InChI is InChI=1S/C13H13ClF2O2/c14-9-7-10(15)8(6-11(9)16)13(12(17)18)4-2-1-3-5-13/h6-7H,1-5H2,(H,17,18). The average Bonchev–Trinajstić information content (AvgIpc) is 2.34. The minimum absolute atomic E-state index is 0.0865. The molecule has 0 aliphatic heterocycles. The third-order valence-corrected chi connectivity index (χ3v) is 3.93. The van der Waals surface area contributed by atoms with E-state index in [-0.39, 0.29) is 10.6 Å². The van der Waals surface area contributed by atoms with E-state index in [1.165, 1.54) is 0 Å². The Bertz CT molecular complexity index is 482. The maximum absolute atomic E-state index is 13.9. The van der Waals surface area contributed by atoms with Crippen LogP contribution in [0.1, 0.15) is 37.7 Å². The summed E-state index contributed by atoms with van der Waals surface area (Å²) >= 11 is 5.49. The highest BCUT2D eigenvalue weighted by molar-refractivity contribution is 6.30. The van der Waals surface area contributed by atoms with Crippen LogP contribution in [0.4, 0.5) is 8.78 Å². The van der Waals surface area contributed by atoms with Crippen LogP contribution in [0.3, 0.4) is 0 Å². The van der Waals surface area contributed by atoms with Crippen molar-refractivity contribution in [3.8, 4) is 0 Å². The predicted octanol–water partition coefficient (Wildman–Crippen LogP) is 3.90. The van der Waals surface area contributed by atoms with Crippen LogP contribution >= 0.6 is 11.6 Å². The lowest BCUT2D eigenvalue weighted by molar-refractivity contribution is -0.145.